The summed E-state index contributed by atoms with van der Waals surface area (Å²) in [5, 5.41) is 2.85. The molecule has 2 rings (SSSR count). The normalized spacial score (nSPS) is 11.2. The summed E-state index contributed by atoms with van der Waals surface area (Å²) >= 11 is 0. The van der Waals surface area contributed by atoms with Gasteiger partial charge in [0.05, 0.1) is 5.52 Å². The molecule has 0 bridgehead atoms. The van der Waals surface area contributed by atoms with Crippen LogP contribution in [0.4, 0.5) is 0 Å². The van der Waals surface area contributed by atoms with E-state index in [9.17, 15) is 9.59 Å². The molecule has 0 aliphatic carbocycles. The highest BCUT2D eigenvalue weighted by molar-refractivity contribution is 5.77. The summed E-state index contributed by atoms with van der Waals surface area (Å²) < 4.78 is 6.53. The maximum Gasteiger partial charge on any atom is 0.419 e. The molecular formula is C14H18N2O3. The van der Waals surface area contributed by atoms with Crippen molar-refractivity contribution in [2.45, 2.75) is 32.7 Å². The molecule has 0 saturated carbocycles. The third kappa shape index (κ3) is 3.05. The smallest absolute Gasteiger partial charge is 0.408 e. The summed E-state index contributed by atoms with van der Waals surface area (Å²) in [6, 6.07) is 5.70. The zero-order chi connectivity index (χ0) is 14.0. The van der Waals surface area contributed by atoms with Gasteiger partial charge in [0, 0.05) is 19.5 Å². The van der Waals surface area contributed by atoms with Crippen molar-refractivity contribution in [1.29, 1.82) is 0 Å². The standard InChI is InChI=1S/C14H18N2O3/c1-9(2)15-13(17)7-5-10-4-6-12-11(8-10)16(3)14(18)19-12/h4,6,8-9H,5,7H2,1-3H3,(H,15,17). The van der Waals surface area contributed by atoms with Crippen LogP contribution >= 0.6 is 0 Å². The Hall–Kier alpha value is -2.04. The molecule has 5 nitrogen and oxygen atoms in total. The second-order valence-corrected chi connectivity index (χ2v) is 4.95. The van der Waals surface area contributed by atoms with Crippen molar-refractivity contribution in [3.8, 4) is 0 Å². The molecule has 1 aromatic carbocycles. The highest BCUT2D eigenvalue weighted by Gasteiger charge is 2.08. The number of aromatic nitrogens is 1. The van der Waals surface area contributed by atoms with Gasteiger partial charge >= 0.3 is 5.76 Å². The average Bonchev–Trinajstić information content (AvgIpc) is 2.62. The van der Waals surface area contributed by atoms with Crippen LogP contribution in [0, 0.1) is 0 Å². The van der Waals surface area contributed by atoms with Gasteiger partial charge < -0.3 is 9.73 Å². The first-order chi connectivity index (χ1) is 8.97. The lowest BCUT2D eigenvalue weighted by molar-refractivity contribution is -0.121. The summed E-state index contributed by atoms with van der Waals surface area (Å²) in [6.45, 7) is 3.87. The number of rotatable bonds is 4. The number of hydrogen-bond acceptors (Lipinski definition) is 3. The minimum Gasteiger partial charge on any atom is -0.408 e. The van der Waals surface area contributed by atoms with Crippen molar-refractivity contribution < 1.29 is 9.21 Å². The third-order valence-electron chi connectivity index (χ3n) is 2.95. The molecule has 102 valence electrons. The zero-order valence-electron chi connectivity index (χ0n) is 11.4. The molecule has 5 heteroatoms. The first-order valence-electron chi connectivity index (χ1n) is 6.35. The number of carbonyl (C=O) groups excluding carboxylic acids is 1. The molecule has 1 amide bonds. The van der Waals surface area contributed by atoms with Gasteiger partial charge in [0.2, 0.25) is 5.91 Å². The number of oxazole rings is 1. The Labute approximate surface area is 111 Å². The van der Waals surface area contributed by atoms with Crippen LogP contribution in [-0.2, 0) is 18.3 Å². The molecule has 0 unspecified atom stereocenters. The summed E-state index contributed by atoms with van der Waals surface area (Å²) in [5.74, 6) is -0.333. The Morgan fingerprint density at radius 3 is 2.84 bits per heavy atom. The Morgan fingerprint density at radius 1 is 1.42 bits per heavy atom. The minimum atomic E-state index is -0.371. The van der Waals surface area contributed by atoms with Gasteiger partial charge in [0.25, 0.3) is 0 Å². The van der Waals surface area contributed by atoms with Crippen molar-refractivity contribution in [1.82, 2.24) is 9.88 Å². The fraction of sp³-hybridized carbons (Fsp3) is 0.429. The maximum absolute atomic E-state index is 11.6. The van der Waals surface area contributed by atoms with E-state index in [1.54, 1.807) is 13.1 Å². The minimum absolute atomic E-state index is 0.0381. The molecule has 0 spiro atoms. The monoisotopic (exact) mass is 262 g/mol. The van der Waals surface area contributed by atoms with Crippen LogP contribution in [0.1, 0.15) is 25.8 Å². The summed E-state index contributed by atoms with van der Waals surface area (Å²) in [5.41, 5.74) is 2.34. The van der Waals surface area contributed by atoms with Crippen molar-refractivity contribution >= 4 is 17.0 Å². The van der Waals surface area contributed by atoms with Gasteiger partial charge in [-0.15, -0.1) is 0 Å². The SMILES string of the molecule is CC(C)NC(=O)CCc1ccc2oc(=O)n(C)c2c1. The van der Waals surface area contributed by atoms with E-state index in [1.165, 1.54) is 4.57 Å². The highest BCUT2D eigenvalue weighted by Crippen LogP contribution is 2.15. The molecule has 1 heterocycles. The van der Waals surface area contributed by atoms with E-state index in [0.29, 0.717) is 18.4 Å². The number of aryl methyl sites for hydroxylation is 2. The predicted molar refractivity (Wildman–Crippen MR) is 73.1 cm³/mol. The summed E-state index contributed by atoms with van der Waals surface area (Å²) in [4.78, 5) is 22.9. The number of nitrogens with zero attached hydrogens (tertiary/aromatic N) is 1. The van der Waals surface area contributed by atoms with Gasteiger partial charge in [-0.25, -0.2) is 4.79 Å². The van der Waals surface area contributed by atoms with Gasteiger partial charge in [0.15, 0.2) is 5.58 Å². The van der Waals surface area contributed by atoms with Gasteiger partial charge in [-0.05, 0) is 38.0 Å². The second kappa shape index (κ2) is 5.30. The molecule has 1 N–H and O–H groups in total. The summed E-state index contributed by atoms with van der Waals surface area (Å²) in [7, 11) is 1.67. The van der Waals surface area contributed by atoms with Crippen molar-refractivity contribution in [2.24, 2.45) is 7.05 Å². The molecule has 0 fully saturated rings. The van der Waals surface area contributed by atoms with Crippen molar-refractivity contribution in [2.75, 3.05) is 0 Å². The van der Waals surface area contributed by atoms with E-state index < -0.39 is 0 Å². The largest absolute Gasteiger partial charge is 0.419 e. The van der Waals surface area contributed by atoms with Gasteiger partial charge in [-0.2, -0.15) is 0 Å². The molecular weight excluding hydrogens is 244 g/mol. The number of amides is 1. The number of nitrogens with one attached hydrogen (secondary N) is 1. The van der Waals surface area contributed by atoms with Crippen molar-refractivity contribution in [3.63, 3.8) is 0 Å². The number of benzene rings is 1. The Balaban J connectivity index is 2.11. The Kier molecular flexibility index (Phi) is 3.74. The third-order valence-corrected chi connectivity index (χ3v) is 2.95. The molecule has 0 radical (unpaired) electrons. The first kappa shape index (κ1) is 13.4. The molecule has 19 heavy (non-hydrogen) atoms. The van der Waals surface area contributed by atoms with Crippen LogP contribution in [0.5, 0.6) is 0 Å². The quantitative estimate of drug-likeness (QED) is 0.910. The van der Waals surface area contributed by atoms with E-state index >= 15 is 0 Å². The van der Waals surface area contributed by atoms with E-state index in [4.69, 9.17) is 4.42 Å². The van der Waals surface area contributed by atoms with Crippen LogP contribution < -0.4 is 11.1 Å². The van der Waals surface area contributed by atoms with Crippen LogP contribution in [0.2, 0.25) is 0 Å². The highest BCUT2D eigenvalue weighted by atomic mass is 16.4. The fourth-order valence-electron chi connectivity index (χ4n) is 1.98. The fourth-order valence-corrected chi connectivity index (χ4v) is 1.98. The van der Waals surface area contributed by atoms with Crippen LogP contribution in [0.25, 0.3) is 11.1 Å². The molecule has 0 atom stereocenters. The lowest BCUT2D eigenvalue weighted by atomic mass is 10.1. The molecule has 2 aromatic rings. The molecule has 0 saturated heterocycles. The predicted octanol–water partition coefficient (Wildman–Crippen LogP) is 1.59. The zero-order valence-corrected chi connectivity index (χ0v) is 11.4. The van der Waals surface area contributed by atoms with Crippen molar-refractivity contribution in [3.05, 3.63) is 34.3 Å². The number of hydrogen-bond donors (Lipinski definition) is 1. The van der Waals surface area contributed by atoms with E-state index in [0.717, 1.165) is 11.1 Å². The molecule has 0 aliphatic heterocycles. The number of carbonyl (C=O) groups is 1. The molecule has 0 aliphatic rings. The van der Waals surface area contributed by atoms with Gasteiger partial charge in [0.1, 0.15) is 0 Å². The lowest BCUT2D eigenvalue weighted by Crippen LogP contribution is -2.30. The number of fused-ring (bicyclic) bond motifs is 1. The van der Waals surface area contributed by atoms with E-state index in [1.807, 2.05) is 26.0 Å². The van der Waals surface area contributed by atoms with Crippen LogP contribution in [0.15, 0.2) is 27.4 Å². The molecule has 1 aromatic heterocycles. The average molecular weight is 262 g/mol. The van der Waals surface area contributed by atoms with Crippen LogP contribution in [-0.4, -0.2) is 16.5 Å². The topological polar surface area (TPSA) is 64.2 Å². The first-order valence-corrected chi connectivity index (χ1v) is 6.35. The van der Waals surface area contributed by atoms with Gasteiger partial charge in [-0.1, -0.05) is 6.07 Å². The summed E-state index contributed by atoms with van der Waals surface area (Å²) in [6.07, 6.45) is 1.09. The van der Waals surface area contributed by atoms with Crippen LogP contribution in [0.3, 0.4) is 0 Å². The second-order valence-electron chi connectivity index (χ2n) is 4.95. The maximum atomic E-state index is 11.6. The van der Waals surface area contributed by atoms with Gasteiger partial charge in [-0.3, -0.25) is 9.36 Å². The van der Waals surface area contributed by atoms with E-state index in [2.05, 4.69) is 5.32 Å². The van der Waals surface area contributed by atoms with E-state index in [-0.39, 0.29) is 17.7 Å². The Bertz CT molecular complexity index is 652. The Morgan fingerprint density at radius 2 is 2.16 bits per heavy atom. The lowest BCUT2D eigenvalue weighted by Gasteiger charge is -2.08.